The van der Waals surface area contributed by atoms with Crippen molar-refractivity contribution in [3.8, 4) is 62.1 Å². The third kappa shape index (κ3) is 5.88. The fourth-order valence-electron chi connectivity index (χ4n) is 9.17. The lowest BCUT2D eigenvalue weighted by molar-refractivity contribution is 1.07. The topological polar surface area (TPSA) is 43.6 Å². The van der Waals surface area contributed by atoms with Gasteiger partial charge in [-0.05, 0) is 91.0 Å². The van der Waals surface area contributed by atoms with Crippen LogP contribution in [0.15, 0.2) is 218 Å². The van der Waals surface area contributed by atoms with Crippen LogP contribution in [0.5, 0.6) is 0 Å². The first-order chi connectivity index (χ1) is 30.2. The SMILES string of the molecule is c1ccc(-c2ccc(-c3nc(-c4ccccc4)nc(-c4ccc5c(c4)c4ccccc4c4cccc(-c6ccc7c(c6)c6ccccc6n7-c6ccccc6)c45)n3)cc2)cc1. The molecule has 61 heavy (non-hydrogen) atoms. The van der Waals surface area contributed by atoms with Crippen LogP contribution in [-0.4, -0.2) is 19.5 Å². The van der Waals surface area contributed by atoms with Crippen molar-refractivity contribution >= 4 is 54.1 Å². The number of hydrogen-bond acceptors (Lipinski definition) is 3. The Hall–Kier alpha value is -8.21. The van der Waals surface area contributed by atoms with Crippen LogP contribution in [-0.2, 0) is 0 Å². The van der Waals surface area contributed by atoms with E-state index in [1.165, 1.54) is 65.4 Å². The highest BCUT2D eigenvalue weighted by Gasteiger charge is 2.19. The Bertz CT molecular complexity index is 3610. The minimum Gasteiger partial charge on any atom is -0.309 e. The van der Waals surface area contributed by atoms with Crippen molar-refractivity contribution < 1.29 is 0 Å². The summed E-state index contributed by atoms with van der Waals surface area (Å²) in [6.07, 6.45) is 0. The zero-order valence-corrected chi connectivity index (χ0v) is 33.1. The van der Waals surface area contributed by atoms with Crippen LogP contribution in [0.1, 0.15) is 0 Å². The summed E-state index contributed by atoms with van der Waals surface area (Å²) in [6, 6.07) is 77.6. The second-order valence-electron chi connectivity index (χ2n) is 15.6. The largest absolute Gasteiger partial charge is 0.309 e. The average molecular weight is 777 g/mol. The van der Waals surface area contributed by atoms with Gasteiger partial charge in [-0.1, -0.05) is 182 Å². The van der Waals surface area contributed by atoms with Crippen LogP contribution in [0.4, 0.5) is 0 Å². The van der Waals surface area contributed by atoms with Gasteiger partial charge in [0.25, 0.3) is 0 Å². The molecule has 0 saturated heterocycles. The Morgan fingerprint density at radius 2 is 0.721 bits per heavy atom. The Labute approximate surface area is 352 Å². The van der Waals surface area contributed by atoms with E-state index in [9.17, 15) is 0 Å². The summed E-state index contributed by atoms with van der Waals surface area (Å²) in [6.45, 7) is 0. The molecule has 2 heterocycles. The zero-order chi connectivity index (χ0) is 40.3. The summed E-state index contributed by atoms with van der Waals surface area (Å²) in [4.78, 5) is 15.3. The molecule has 0 bridgehead atoms. The number of hydrogen-bond donors (Lipinski definition) is 0. The third-order valence-electron chi connectivity index (χ3n) is 12.0. The van der Waals surface area contributed by atoms with Gasteiger partial charge >= 0.3 is 0 Å². The third-order valence-corrected chi connectivity index (χ3v) is 12.0. The van der Waals surface area contributed by atoms with Crippen molar-refractivity contribution in [2.24, 2.45) is 0 Å². The molecule has 0 aliphatic carbocycles. The van der Waals surface area contributed by atoms with Crippen LogP contribution >= 0.6 is 0 Å². The highest BCUT2D eigenvalue weighted by Crippen LogP contribution is 2.43. The molecule has 0 radical (unpaired) electrons. The second kappa shape index (κ2) is 14.3. The van der Waals surface area contributed by atoms with Gasteiger partial charge in [0.15, 0.2) is 17.5 Å². The molecule has 0 fully saturated rings. The summed E-state index contributed by atoms with van der Waals surface area (Å²) in [7, 11) is 0. The van der Waals surface area contributed by atoms with Gasteiger partial charge in [0.2, 0.25) is 0 Å². The van der Waals surface area contributed by atoms with Crippen molar-refractivity contribution in [1.82, 2.24) is 19.5 Å². The van der Waals surface area contributed by atoms with Gasteiger partial charge in [0, 0.05) is 33.2 Å². The lowest BCUT2D eigenvalue weighted by Gasteiger charge is -2.16. The number of benzene rings is 10. The number of rotatable bonds is 6. The van der Waals surface area contributed by atoms with E-state index in [0.29, 0.717) is 17.5 Å². The van der Waals surface area contributed by atoms with Gasteiger partial charge in [0.05, 0.1) is 11.0 Å². The normalized spacial score (nSPS) is 11.6. The summed E-state index contributed by atoms with van der Waals surface area (Å²) in [5.41, 5.74) is 11.1. The predicted molar refractivity (Wildman–Crippen MR) is 254 cm³/mol. The number of aromatic nitrogens is 4. The van der Waals surface area contributed by atoms with E-state index >= 15 is 0 Å². The number of nitrogens with zero attached hydrogens (tertiary/aromatic N) is 4. The summed E-state index contributed by atoms with van der Waals surface area (Å²) in [5, 5.41) is 9.68. The molecule has 0 spiro atoms. The number of fused-ring (bicyclic) bond motifs is 9. The monoisotopic (exact) mass is 776 g/mol. The van der Waals surface area contributed by atoms with Crippen LogP contribution in [0.2, 0.25) is 0 Å². The van der Waals surface area contributed by atoms with Gasteiger partial charge in [-0.25, -0.2) is 15.0 Å². The van der Waals surface area contributed by atoms with E-state index in [2.05, 4.69) is 199 Å². The van der Waals surface area contributed by atoms with Gasteiger partial charge < -0.3 is 4.57 Å². The van der Waals surface area contributed by atoms with Crippen molar-refractivity contribution in [1.29, 1.82) is 0 Å². The van der Waals surface area contributed by atoms with Gasteiger partial charge in [0.1, 0.15) is 0 Å². The molecule has 0 N–H and O–H groups in total. The van der Waals surface area contributed by atoms with Crippen LogP contribution < -0.4 is 0 Å². The molecular weight excluding hydrogens is 741 g/mol. The molecule has 12 rings (SSSR count). The Kier molecular flexibility index (Phi) is 8.13. The highest BCUT2D eigenvalue weighted by molar-refractivity contribution is 6.29. The van der Waals surface area contributed by atoms with Crippen LogP contribution in [0.3, 0.4) is 0 Å². The molecule has 0 atom stereocenters. The van der Waals surface area contributed by atoms with E-state index in [4.69, 9.17) is 15.0 Å². The van der Waals surface area contributed by atoms with Gasteiger partial charge in [-0.3, -0.25) is 0 Å². The van der Waals surface area contributed by atoms with Gasteiger partial charge in [-0.2, -0.15) is 0 Å². The quantitative estimate of drug-likeness (QED) is 0.158. The Morgan fingerprint density at radius 3 is 1.44 bits per heavy atom. The molecule has 0 unspecified atom stereocenters. The van der Waals surface area contributed by atoms with E-state index in [1.54, 1.807) is 0 Å². The fourth-order valence-corrected chi connectivity index (χ4v) is 9.17. The van der Waals surface area contributed by atoms with Crippen LogP contribution in [0, 0.1) is 0 Å². The average Bonchev–Trinajstić information content (AvgIpc) is 3.68. The maximum absolute atomic E-state index is 5.17. The smallest absolute Gasteiger partial charge is 0.164 e. The molecule has 2 aromatic heterocycles. The van der Waals surface area contributed by atoms with Crippen molar-refractivity contribution in [2.75, 3.05) is 0 Å². The molecule has 4 heteroatoms. The first kappa shape index (κ1) is 34.8. The van der Waals surface area contributed by atoms with E-state index in [1.807, 2.05) is 24.3 Å². The fraction of sp³-hybridized carbons (Fsp3) is 0. The standard InChI is InChI=1S/C57H36N4/c1-4-15-37(16-5-1)38-27-29-40(30-28-38)56-58-55(39-17-6-2-7-18-39)59-57(60-56)42-31-33-49-50(36-42)46-22-11-10-21-45(46)48-25-14-24-44(54(48)49)41-32-34-53-51(35-41)47-23-12-13-26-52(47)61(53)43-19-8-3-9-20-43/h1-36H. The Balaban J connectivity index is 1.05. The number of para-hydroxylation sites is 2. The van der Waals surface area contributed by atoms with Crippen molar-refractivity contribution in [3.05, 3.63) is 218 Å². The molecule has 12 aromatic rings. The highest BCUT2D eigenvalue weighted by atomic mass is 15.0. The molecular formula is C57H36N4. The molecule has 10 aromatic carbocycles. The predicted octanol–water partition coefficient (Wildman–Crippen LogP) is 14.8. The van der Waals surface area contributed by atoms with Crippen LogP contribution in [0.25, 0.3) is 116 Å². The minimum atomic E-state index is 0.635. The summed E-state index contributed by atoms with van der Waals surface area (Å²) < 4.78 is 2.37. The lowest BCUT2D eigenvalue weighted by Crippen LogP contribution is -2.00. The molecule has 284 valence electrons. The first-order valence-electron chi connectivity index (χ1n) is 20.7. The maximum atomic E-state index is 5.17. The van der Waals surface area contributed by atoms with E-state index in [0.717, 1.165) is 33.3 Å². The van der Waals surface area contributed by atoms with E-state index < -0.39 is 0 Å². The van der Waals surface area contributed by atoms with E-state index in [-0.39, 0.29) is 0 Å². The van der Waals surface area contributed by atoms with Crippen molar-refractivity contribution in [3.63, 3.8) is 0 Å². The lowest BCUT2D eigenvalue weighted by atomic mass is 9.88. The molecule has 0 saturated carbocycles. The molecule has 0 amide bonds. The minimum absolute atomic E-state index is 0.635. The summed E-state index contributed by atoms with van der Waals surface area (Å²) in [5.74, 6) is 1.91. The summed E-state index contributed by atoms with van der Waals surface area (Å²) >= 11 is 0. The Morgan fingerprint density at radius 1 is 0.262 bits per heavy atom. The molecule has 0 aliphatic heterocycles. The zero-order valence-electron chi connectivity index (χ0n) is 33.1. The maximum Gasteiger partial charge on any atom is 0.164 e. The van der Waals surface area contributed by atoms with Gasteiger partial charge in [-0.15, -0.1) is 0 Å². The first-order valence-corrected chi connectivity index (χ1v) is 20.7. The van der Waals surface area contributed by atoms with Crippen molar-refractivity contribution in [2.45, 2.75) is 0 Å². The second-order valence-corrected chi connectivity index (χ2v) is 15.6. The molecule has 4 nitrogen and oxygen atoms in total. The molecule has 0 aliphatic rings.